The molecule has 1 fully saturated rings. The van der Waals surface area contributed by atoms with Crippen LogP contribution in [0.15, 0.2) is 69.1 Å². The first-order valence-electron chi connectivity index (χ1n) is 10.5. The highest BCUT2D eigenvalue weighted by Crippen LogP contribution is 2.34. The Hall–Kier alpha value is -2.50. The number of carbonyl (C=O) groups is 3. The first-order valence-corrected chi connectivity index (χ1v) is 13.1. The third-order valence-electron chi connectivity index (χ3n) is 5.19. The molecule has 0 radical (unpaired) electrons. The van der Waals surface area contributed by atoms with E-state index in [-0.39, 0.29) is 5.57 Å². The number of imide groups is 2. The van der Waals surface area contributed by atoms with Gasteiger partial charge in [-0.2, -0.15) is 0 Å². The molecule has 3 aromatic rings. The van der Waals surface area contributed by atoms with Gasteiger partial charge in [0, 0.05) is 4.47 Å². The van der Waals surface area contributed by atoms with Crippen molar-refractivity contribution < 1.29 is 19.1 Å². The summed E-state index contributed by atoms with van der Waals surface area (Å²) < 4.78 is 8.47. The molecule has 0 atom stereocenters. The molecule has 6 nitrogen and oxygen atoms in total. The number of ether oxygens (including phenoxy) is 1. The predicted molar refractivity (Wildman–Crippen MR) is 150 cm³/mol. The normalized spacial score (nSPS) is 14.9. The third-order valence-corrected chi connectivity index (χ3v) is 7.11. The minimum Gasteiger partial charge on any atom is -0.487 e. The van der Waals surface area contributed by atoms with Crippen molar-refractivity contribution in [3.05, 3.63) is 94.9 Å². The monoisotopic (exact) mass is 708 g/mol. The maximum Gasteiger partial charge on any atom is 0.335 e. The van der Waals surface area contributed by atoms with Gasteiger partial charge in [0.1, 0.15) is 17.9 Å². The summed E-state index contributed by atoms with van der Waals surface area (Å²) in [5, 5.41) is 2.27. The molecule has 0 bridgehead atoms. The molecular weight excluding hydrogens is 691 g/mol. The minimum atomic E-state index is -0.769. The van der Waals surface area contributed by atoms with Crippen LogP contribution in [0.5, 0.6) is 5.75 Å². The summed E-state index contributed by atoms with van der Waals surface area (Å²) in [4.78, 5) is 39.3. The van der Waals surface area contributed by atoms with Crippen molar-refractivity contribution in [2.45, 2.75) is 20.5 Å². The molecule has 9 heteroatoms. The van der Waals surface area contributed by atoms with Crippen LogP contribution in [-0.2, 0) is 16.2 Å². The molecule has 0 aromatic heterocycles. The number of urea groups is 1. The summed E-state index contributed by atoms with van der Waals surface area (Å²) in [7, 11) is 0. The average Bonchev–Trinajstić information content (AvgIpc) is 2.76. The smallest absolute Gasteiger partial charge is 0.335 e. The first kappa shape index (κ1) is 25.6. The van der Waals surface area contributed by atoms with Crippen LogP contribution in [0.1, 0.15) is 22.3 Å². The number of halogens is 3. The first-order chi connectivity index (χ1) is 16.6. The highest BCUT2D eigenvalue weighted by molar-refractivity contribution is 14.1. The Bertz CT molecular complexity index is 1340. The van der Waals surface area contributed by atoms with Gasteiger partial charge in [-0.25, -0.2) is 9.69 Å². The molecule has 178 valence electrons. The number of hydrogen-bond acceptors (Lipinski definition) is 4. The van der Waals surface area contributed by atoms with E-state index in [0.717, 1.165) is 29.6 Å². The van der Waals surface area contributed by atoms with Crippen molar-refractivity contribution in [3.63, 3.8) is 0 Å². The summed E-state index contributed by atoms with van der Waals surface area (Å²) in [6, 6.07) is 16.1. The second-order valence-corrected chi connectivity index (χ2v) is 11.0. The van der Waals surface area contributed by atoms with Gasteiger partial charge in [-0.1, -0.05) is 34.1 Å². The van der Waals surface area contributed by atoms with Gasteiger partial charge < -0.3 is 4.74 Å². The Labute approximate surface area is 233 Å². The van der Waals surface area contributed by atoms with Gasteiger partial charge in [0.25, 0.3) is 11.8 Å². The van der Waals surface area contributed by atoms with E-state index in [1.807, 2.05) is 50.2 Å². The number of aryl methyl sites for hydroxylation is 2. The fourth-order valence-electron chi connectivity index (χ4n) is 3.68. The van der Waals surface area contributed by atoms with E-state index in [4.69, 9.17) is 4.74 Å². The van der Waals surface area contributed by atoms with Crippen LogP contribution in [-0.4, -0.2) is 17.8 Å². The van der Waals surface area contributed by atoms with Gasteiger partial charge in [-0.15, -0.1) is 0 Å². The van der Waals surface area contributed by atoms with Gasteiger partial charge in [-0.05, 0) is 117 Å². The Kier molecular flexibility index (Phi) is 7.77. The molecule has 0 aliphatic carbocycles. The quantitative estimate of drug-likeness (QED) is 0.182. The van der Waals surface area contributed by atoms with Crippen molar-refractivity contribution in [2.24, 2.45) is 0 Å². The second kappa shape index (κ2) is 10.6. The summed E-state index contributed by atoms with van der Waals surface area (Å²) >= 11 is 9.10. The molecule has 1 aliphatic heterocycles. The number of rotatable bonds is 5. The lowest BCUT2D eigenvalue weighted by atomic mass is 10.1. The number of carbonyl (C=O) groups excluding carboxylic acids is 3. The molecule has 0 unspecified atom stereocenters. The van der Waals surface area contributed by atoms with Crippen LogP contribution < -0.4 is 15.0 Å². The zero-order chi connectivity index (χ0) is 25.3. The Morgan fingerprint density at radius 3 is 2.26 bits per heavy atom. The number of nitrogens with zero attached hydrogens (tertiary/aromatic N) is 1. The fraction of sp³-hybridized carbons (Fsp3) is 0.115. The molecule has 1 N–H and O–H groups in total. The number of nitrogens with one attached hydrogen (secondary N) is 1. The van der Waals surface area contributed by atoms with Crippen molar-refractivity contribution in [1.82, 2.24) is 5.32 Å². The molecule has 35 heavy (non-hydrogen) atoms. The number of anilines is 1. The van der Waals surface area contributed by atoms with Gasteiger partial charge >= 0.3 is 6.03 Å². The zero-order valence-electron chi connectivity index (χ0n) is 18.7. The predicted octanol–water partition coefficient (Wildman–Crippen LogP) is 6.68. The van der Waals surface area contributed by atoms with Crippen LogP contribution in [0.25, 0.3) is 6.08 Å². The van der Waals surface area contributed by atoms with E-state index in [1.165, 1.54) is 6.08 Å². The second-order valence-electron chi connectivity index (χ2n) is 8.03. The molecule has 1 heterocycles. The lowest BCUT2D eigenvalue weighted by Gasteiger charge is -2.27. The lowest BCUT2D eigenvalue weighted by molar-refractivity contribution is -0.122. The van der Waals surface area contributed by atoms with Gasteiger partial charge in [0.05, 0.1) is 13.7 Å². The Balaban J connectivity index is 1.62. The molecule has 1 aliphatic rings. The third kappa shape index (κ3) is 5.84. The maximum absolute atomic E-state index is 13.2. The van der Waals surface area contributed by atoms with Crippen LogP contribution in [0.3, 0.4) is 0 Å². The number of hydrogen-bond donors (Lipinski definition) is 1. The topological polar surface area (TPSA) is 75.7 Å². The van der Waals surface area contributed by atoms with Crippen LogP contribution in [0.4, 0.5) is 10.5 Å². The largest absolute Gasteiger partial charge is 0.487 e. The van der Waals surface area contributed by atoms with Gasteiger partial charge in [0.2, 0.25) is 0 Å². The summed E-state index contributed by atoms with van der Waals surface area (Å²) in [6.45, 7) is 4.14. The summed E-state index contributed by atoms with van der Waals surface area (Å²) in [6.07, 6.45) is 1.48. The van der Waals surface area contributed by atoms with Crippen LogP contribution in [0.2, 0.25) is 0 Å². The van der Waals surface area contributed by atoms with E-state index in [0.29, 0.717) is 28.1 Å². The zero-order valence-corrected chi connectivity index (χ0v) is 24.0. The molecule has 0 spiro atoms. The van der Waals surface area contributed by atoms with Crippen LogP contribution in [0, 0.1) is 17.4 Å². The Morgan fingerprint density at radius 2 is 1.63 bits per heavy atom. The molecule has 4 rings (SSSR count). The van der Waals surface area contributed by atoms with Crippen LogP contribution >= 0.6 is 54.5 Å². The van der Waals surface area contributed by atoms with E-state index in [2.05, 4.69) is 59.8 Å². The lowest BCUT2D eigenvalue weighted by Crippen LogP contribution is -2.54. The van der Waals surface area contributed by atoms with Crippen molar-refractivity contribution >= 4 is 84.1 Å². The molecule has 3 aromatic carbocycles. The highest BCUT2D eigenvalue weighted by atomic mass is 127. The Morgan fingerprint density at radius 1 is 0.971 bits per heavy atom. The van der Waals surface area contributed by atoms with E-state index >= 15 is 0 Å². The molecule has 4 amide bonds. The number of barbiturate groups is 1. The number of amides is 4. The maximum atomic E-state index is 13.2. The van der Waals surface area contributed by atoms with E-state index in [9.17, 15) is 14.4 Å². The highest BCUT2D eigenvalue weighted by Gasteiger charge is 2.37. The van der Waals surface area contributed by atoms with Gasteiger partial charge in [0.15, 0.2) is 0 Å². The molecule has 1 saturated heterocycles. The summed E-state index contributed by atoms with van der Waals surface area (Å²) in [5.41, 5.74) is 3.72. The average molecular weight is 710 g/mol. The number of benzene rings is 3. The van der Waals surface area contributed by atoms with Crippen molar-refractivity contribution in [2.75, 3.05) is 4.90 Å². The van der Waals surface area contributed by atoms with Gasteiger partial charge in [-0.3, -0.25) is 14.9 Å². The standard InChI is InChI=1S/C26H19Br2IN2O4/c1-14-7-15(2)9-19(8-14)31-25(33)20(24(32)30-26(31)34)10-17-11-21(28)23(22(29)12-17)35-13-16-3-5-18(27)6-4-16/h3-12H,13H2,1-2H3,(H,30,32,34)/b20-10+. The summed E-state index contributed by atoms with van der Waals surface area (Å²) in [5.74, 6) is -0.755. The van der Waals surface area contributed by atoms with Crippen molar-refractivity contribution in [1.29, 1.82) is 0 Å². The SMILES string of the molecule is Cc1cc(C)cc(N2C(=O)NC(=O)/C(=C\c3cc(Br)c(OCc4ccc(Br)cc4)c(I)c3)C2=O)c1. The van der Waals surface area contributed by atoms with Crippen molar-refractivity contribution in [3.8, 4) is 5.75 Å². The molecule has 0 saturated carbocycles. The van der Waals surface area contributed by atoms with E-state index < -0.39 is 17.8 Å². The van der Waals surface area contributed by atoms with E-state index in [1.54, 1.807) is 18.2 Å². The molecular formula is C26H19Br2IN2O4. The minimum absolute atomic E-state index is 0.130. The fourth-order valence-corrected chi connectivity index (χ4v) is 5.71.